The van der Waals surface area contributed by atoms with Crippen LogP contribution in [0.2, 0.25) is 0 Å². The molecular formula is C14H25NOS. The van der Waals surface area contributed by atoms with E-state index in [4.69, 9.17) is 4.42 Å². The number of thioether (sulfide) groups is 1. The lowest BCUT2D eigenvalue weighted by Crippen LogP contribution is -2.09. The Balaban J connectivity index is 2.36. The van der Waals surface area contributed by atoms with Gasteiger partial charge >= 0.3 is 0 Å². The minimum absolute atomic E-state index is 0.0593. The van der Waals surface area contributed by atoms with Crippen LogP contribution in [0.25, 0.3) is 0 Å². The highest BCUT2D eigenvalue weighted by atomic mass is 32.2. The summed E-state index contributed by atoms with van der Waals surface area (Å²) in [5, 5.41) is 0. The summed E-state index contributed by atoms with van der Waals surface area (Å²) in [4.78, 5) is 4.34. The van der Waals surface area contributed by atoms with Crippen LogP contribution in [0, 0.1) is 5.41 Å². The predicted molar refractivity (Wildman–Crippen MR) is 75.7 cm³/mol. The van der Waals surface area contributed by atoms with Crippen molar-refractivity contribution in [1.29, 1.82) is 0 Å². The molecule has 0 atom stereocenters. The molecule has 17 heavy (non-hydrogen) atoms. The molecule has 0 aliphatic rings. The Morgan fingerprint density at radius 3 is 2.29 bits per heavy atom. The first kappa shape index (κ1) is 14.6. The molecular weight excluding hydrogens is 230 g/mol. The summed E-state index contributed by atoms with van der Waals surface area (Å²) >= 11 is 1.97. The van der Waals surface area contributed by atoms with Crippen LogP contribution in [-0.2, 0) is 11.8 Å². The average Bonchev–Trinajstić information content (AvgIpc) is 2.58. The van der Waals surface area contributed by atoms with Crippen molar-refractivity contribution in [3.8, 4) is 0 Å². The molecule has 0 aromatic carbocycles. The quantitative estimate of drug-likeness (QED) is 0.750. The van der Waals surface area contributed by atoms with Crippen molar-refractivity contribution >= 4 is 11.8 Å². The highest BCUT2D eigenvalue weighted by Crippen LogP contribution is 2.24. The fraction of sp³-hybridized carbons (Fsp3) is 0.786. The lowest BCUT2D eigenvalue weighted by molar-refractivity contribution is 0.385. The first-order valence-electron chi connectivity index (χ1n) is 6.21. The normalized spacial score (nSPS) is 13.1. The highest BCUT2D eigenvalue weighted by Gasteiger charge is 2.19. The fourth-order valence-electron chi connectivity index (χ4n) is 1.31. The summed E-state index contributed by atoms with van der Waals surface area (Å²) in [5.74, 6) is 4.12. The van der Waals surface area contributed by atoms with Crippen LogP contribution in [0.3, 0.4) is 0 Å². The van der Waals surface area contributed by atoms with Crippen LogP contribution in [0.15, 0.2) is 10.6 Å². The van der Waals surface area contributed by atoms with E-state index >= 15 is 0 Å². The molecule has 0 saturated heterocycles. The van der Waals surface area contributed by atoms with Gasteiger partial charge < -0.3 is 4.42 Å². The van der Waals surface area contributed by atoms with Crippen LogP contribution >= 0.6 is 11.8 Å². The van der Waals surface area contributed by atoms with Gasteiger partial charge in [-0.1, -0.05) is 41.5 Å². The molecule has 0 saturated carbocycles. The number of hydrogen-bond donors (Lipinski definition) is 0. The summed E-state index contributed by atoms with van der Waals surface area (Å²) in [5.41, 5.74) is 0.460. The Labute approximate surface area is 110 Å². The molecule has 98 valence electrons. The van der Waals surface area contributed by atoms with Crippen molar-refractivity contribution in [2.75, 3.05) is 11.5 Å². The minimum Gasteiger partial charge on any atom is -0.445 e. The summed E-state index contributed by atoms with van der Waals surface area (Å²) in [7, 11) is 0. The van der Waals surface area contributed by atoms with E-state index in [1.165, 1.54) is 5.75 Å². The zero-order valence-corrected chi connectivity index (χ0v) is 12.8. The van der Waals surface area contributed by atoms with Crippen molar-refractivity contribution in [3.05, 3.63) is 17.8 Å². The standard InChI is InChI=1S/C14H25NOS/c1-13(2,3)10-17-8-7-12-15-9-11(16-12)14(4,5)6/h9H,7-8,10H2,1-6H3. The van der Waals surface area contributed by atoms with Crippen LogP contribution in [-0.4, -0.2) is 16.5 Å². The molecule has 0 fully saturated rings. The van der Waals surface area contributed by atoms with Gasteiger partial charge in [-0.2, -0.15) is 11.8 Å². The summed E-state index contributed by atoms with van der Waals surface area (Å²) in [6, 6.07) is 0. The Kier molecular flexibility index (Phi) is 4.70. The molecule has 3 heteroatoms. The lowest BCUT2D eigenvalue weighted by atomic mass is 9.94. The van der Waals surface area contributed by atoms with Crippen molar-refractivity contribution in [1.82, 2.24) is 4.98 Å². The van der Waals surface area contributed by atoms with Gasteiger partial charge in [-0.25, -0.2) is 4.98 Å². The zero-order valence-electron chi connectivity index (χ0n) is 12.0. The SMILES string of the molecule is CC(C)(C)CSCCc1ncc(C(C)(C)C)o1. The van der Waals surface area contributed by atoms with Crippen LogP contribution in [0.4, 0.5) is 0 Å². The van der Waals surface area contributed by atoms with E-state index in [1.54, 1.807) is 0 Å². The topological polar surface area (TPSA) is 26.0 Å². The number of aromatic nitrogens is 1. The molecule has 1 aromatic heterocycles. The summed E-state index contributed by atoms with van der Waals surface area (Å²) < 4.78 is 5.76. The highest BCUT2D eigenvalue weighted by molar-refractivity contribution is 7.99. The Hall–Kier alpha value is -0.440. The summed E-state index contributed by atoms with van der Waals surface area (Å²) in [6.07, 6.45) is 2.79. The van der Waals surface area contributed by atoms with Gasteiger partial charge in [0.2, 0.25) is 0 Å². The number of rotatable bonds is 4. The van der Waals surface area contributed by atoms with E-state index in [0.29, 0.717) is 5.41 Å². The fourth-order valence-corrected chi connectivity index (χ4v) is 2.39. The molecule has 0 bridgehead atoms. The van der Waals surface area contributed by atoms with Gasteiger partial charge in [0.05, 0.1) is 6.20 Å². The van der Waals surface area contributed by atoms with Gasteiger partial charge in [0, 0.05) is 17.6 Å². The second kappa shape index (κ2) is 5.47. The smallest absolute Gasteiger partial charge is 0.195 e. The van der Waals surface area contributed by atoms with Crippen molar-refractivity contribution in [2.24, 2.45) is 5.41 Å². The Morgan fingerprint density at radius 1 is 1.18 bits per heavy atom. The van der Waals surface area contributed by atoms with Crippen molar-refractivity contribution in [2.45, 2.75) is 53.4 Å². The number of hydrogen-bond acceptors (Lipinski definition) is 3. The van der Waals surface area contributed by atoms with Gasteiger partial charge in [-0.05, 0) is 11.2 Å². The lowest BCUT2D eigenvalue weighted by Gasteiger charge is -2.16. The zero-order chi connectivity index (χ0) is 13.1. The van der Waals surface area contributed by atoms with Gasteiger partial charge in [-0.3, -0.25) is 0 Å². The van der Waals surface area contributed by atoms with E-state index in [9.17, 15) is 0 Å². The molecule has 0 aliphatic carbocycles. The van der Waals surface area contributed by atoms with Crippen LogP contribution in [0.5, 0.6) is 0 Å². The molecule has 0 radical (unpaired) electrons. The maximum Gasteiger partial charge on any atom is 0.195 e. The molecule has 1 aromatic rings. The second-order valence-electron chi connectivity index (χ2n) is 6.73. The summed E-state index contributed by atoms with van der Waals surface area (Å²) in [6.45, 7) is 13.2. The van der Waals surface area contributed by atoms with Gasteiger partial charge in [0.25, 0.3) is 0 Å². The average molecular weight is 255 g/mol. The van der Waals surface area contributed by atoms with Crippen molar-refractivity contribution in [3.63, 3.8) is 0 Å². The molecule has 0 unspecified atom stereocenters. The second-order valence-corrected chi connectivity index (χ2v) is 7.84. The first-order chi connectivity index (χ1) is 7.68. The van der Waals surface area contributed by atoms with E-state index in [0.717, 1.165) is 23.8 Å². The monoisotopic (exact) mass is 255 g/mol. The number of nitrogens with zero attached hydrogens (tertiary/aromatic N) is 1. The molecule has 0 N–H and O–H groups in total. The Bertz CT molecular complexity index is 344. The first-order valence-corrected chi connectivity index (χ1v) is 7.37. The number of oxazole rings is 1. The maximum atomic E-state index is 5.76. The third-order valence-corrected chi connectivity index (χ3v) is 3.85. The van der Waals surface area contributed by atoms with Crippen LogP contribution in [0.1, 0.15) is 53.2 Å². The predicted octanol–water partition coefficient (Wildman–Crippen LogP) is 4.29. The molecule has 0 spiro atoms. The third kappa shape index (κ3) is 5.62. The van der Waals surface area contributed by atoms with E-state index in [-0.39, 0.29) is 5.41 Å². The van der Waals surface area contributed by atoms with Gasteiger partial charge in [0.1, 0.15) is 5.76 Å². The number of aryl methyl sites for hydroxylation is 1. The van der Waals surface area contributed by atoms with Crippen LogP contribution < -0.4 is 0 Å². The van der Waals surface area contributed by atoms with E-state index in [1.807, 2.05) is 18.0 Å². The molecule has 2 nitrogen and oxygen atoms in total. The van der Waals surface area contributed by atoms with Gasteiger partial charge in [-0.15, -0.1) is 0 Å². The molecule has 1 rings (SSSR count). The Morgan fingerprint density at radius 2 is 1.82 bits per heavy atom. The van der Waals surface area contributed by atoms with E-state index < -0.39 is 0 Å². The third-order valence-electron chi connectivity index (χ3n) is 2.29. The van der Waals surface area contributed by atoms with E-state index in [2.05, 4.69) is 46.5 Å². The van der Waals surface area contributed by atoms with Gasteiger partial charge in [0.15, 0.2) is 5.89 Å². The molecule has 0 aliphatic heterocycles. The largest absolute Gasteiger partial charge is 0.445 e. The maximum absolute atomic E-state index is 5.76. The molecule has 0 amide bonds. The minimum atomic E-state index is 0.0593. The van der Waals surface area contributed by atoms with Crippen molar-refractivity contribution < 1.29 is 4.42 Å². The molecule has 1 heterocycles.